The molecule has 3 N–H and O–H groups in total. The van der Waals surface area contributed by atoms with Crippen molar-refractivity contribution in [2.24, 2.45) is 10.7 Å². The van der Waals surface area contributed by atoms with Gasteiger partial charge in [-0.15, -0.1) is 28.3 Å². The molecule has 3 nitrogen and oxygen atoms in total. The van der Waals surface area contributed by atoms with Crippen LogP contribution >= 0.6 is 28.3 Å². The Hall–Kier alpha value is -1.95. The van der Waals surface area contributed by atoms with Crippen molar-refractivity contribution >= 4 is 39.8 Å². The van der Waals surface area contributed by atoms with Gasteiger partial charge in [-0.2, -0.15) is 0 Å². The van der Waals surface area contributed by atoms with Gasteiger partial charge in [0.15, 0.2) is 0 Å². The number of halogens is 1. The minimum atomic E-state index is 0. The Kier molecular flexibility index (Phi) is 8.54. The van der Waals surface area contributed by atoms with Crippen LogP contribution in [0.2, 0.25) is 0 Å². The molecule has 1 aromatic heterocycles. The molecule has 0 spiro atoms. The minimum Gasteiger partial charge on any atom is -0.383 e. The first-order chi connectivity index (χ1) is 12.3. The van der Waals surface area contributed by atoms with E-state index in [1.807, 2.05) is 29.6 Å². The van der Waals surface area contributed by atoms with E-state index in [-0.39, 0.29) is 17.0 Å². The summed E-state index contributed by atoms with van der Waals surface area (Å²) in [6.45, 7) is 1.95. The number of benzene rings is 2. The summed E-state index contributed by atoms with van der Waals surface area (Å²) < 4.78 is 0. The SMILES string of the molecule is Br.NC(=Nc1cccc(CCNCCc2ccccc2)c1)c1cccs1. The Morgan fingerprint density at radius 2 is 1.62 bits per heavy atom. The summed E-state index contributed by atoms with van der Waals surface area (Å²) in [5.74, 6) is 0.577. The molecule has 0 saturated carbocycles. The predicted molar refractivity (Wildman–Crippen MR) is 118 cm³/mol. The Bertz CT molecular complexity index is 801. The average molecular weight is 430 g/mol. The fraction of sp³-hybridized carbons (Fsp3) is 0.190. The van der Waals surface area contributed by atoms with Gasteiger partial charge in [-0.05, 0) is 60.6 Å². The van der Waals surface area contributed by atoms with E-state index in [2.05, 4.69) is 52.8 Å². The largest absolute Gasteiger partial charge is 0.383 e. The maximum atomic E-state index is 6.06. The van der Waals surface area contributed by atoms with Gasteiger partial charge in [0.2, 0.25) is 0 Å². The Morgan fingerprint density at radius 1 is 0.885 bits per heavy atom. The highest BCUT2D eigenvalue weighted by atomic mass is 79.9. The van der Waals surface area contributed by atoms with E-state index < -0.39 is 0 Å². The van der Waals surface area contributed by atoms with Crippen molar-refractivity contribution in [3.05, 3.63) is 88.1 Å². The van der Waals surface area contributed by atoms with Crippen LogP contribution in [0.25, 0.3) is 0 Å². The van der Waals surface area contributed by atoms with Crippen molar-refractivity contribution in [2.45, 2.75) is 12.8 Å². The van der Waals surface area contributed by atoms with Gasteiger partial charge >= 0.3 is 0 Å². The molecule has 136 valence electrons. The molecule has 0 saturated heterocycles. The van der Waals surface area contributed by atoms with Gasteiger partial charge in [-0.25, -0.2) is 4.99 Å². The second kappa shape index (κ2) is 10.9. The van der Waals surface area contributed by atoms with Crippen molar-refractivity contribution in [3.63, 3.8) is 0 Å². The Balaban J connectivity index is 0.00000243. The standard InChI is InChI=1S/C21H23N3S.BrH/c22-21(20-10-5-15-25-20)24-19-9-4-8-18(16-19)12-14-23-13-11-17-6-2-1-3-7-17;/h1-10,15-16,23H,11-14H2,(H2,22,24);1H. The zero-order valence-corrected chi connectivity index (χ0v) is 17.1. The number of thiophene rings is 1. The summed E-state index contributed by atoms with van der Waals surface area (Å²) in [5, 5.41) is 5.52. The lowest BCUT2D eigenvalue weighted by Crippen LogP contribution is -2.20. The number of nitrogens with zero attached hydrogens (tertiary/aromatic N) is 1. The molecule has 1 heterocycles. The van der Waals surface area contributed by atoms with Gasteiger partial charge < -0.3 is 11.1 Å². The fourth-order valence-corrected chi connectivity index (χ4v) is 3.26. The molecule has 0 amide bonds. The Morgan fingerprint density at radius 3 is 2.35 bits per heavy atom. The van der Waals surface area contributed by atoms with Crippen LogP contribution in [0, 0.1) is 0 Å². The van der Waals surface area contributed by atoms with Crippen LogP contribution in [0.4, 0.5) is 5.69 Å². The van der Waals surface area contributed by atoms with Crippen molar-refractivity contribution < 1.29 is 0 Å². The summed E-state index contributed by atoms with van der Waals surface area (Å²) in [6, 6.07) is 22.8. The molecule has 3 aromatic rings. The number of amidine groups is 1. The summed E-state index contributed by atoms with van der Waals surface area (Å²) in [4.78, 5) is 5.54. The van der Waals surface area contributed by atoms with Crippen LogP contribution in [-0.4, -0.2) is 18.9 Å². The second-order valence-electron chi connectivity index (χ2n) is 5.88. The second-order valence-corrected chi connectivity index (χ2v) is 6.83. The van der Waals surface area contributed by atoms with E-state index in [4.69, 9.17) is 5.73 Å². The van der Waals surface area contributed by atoms with Gasteiger partial charge in [0, 0.05) is 0 Å². The molecule has 0 unspecified atom stereocenters. The van der Waals surface area contributed by atoms with E-state index in [0.717, 1.165) is 36.5 Å². The van der Waals surface area contributed by atoms with E-state index in [9.17, 15) is 0 Å². The summed E-state index contributed by atoms with van der Waals surface area (Å²) in [6.07, 6.45) is 2.04. The zero-order chi connectivity index (χ0) is 17.3. The van der Waals surface area contributed by atoms with Crippen LogP contribution in [0.1, 0.15) is 16.0 Å². The topological polar surface area (TPSA) is 50.4 Å². The van der Waals surface area contributed by atoms with Crippen LogP contribution < -0.4 is 11.1 Å². The number of nitrogens with two attached hydrogens (primary N) is 1. The fourth-order valence-electron chi connectivity index (χ4n) is 2.64. The minimum absolute atomic E-state index is 0. The lowest BCUT2D eigenvalue weighted by molar-refractivity contribution is 0.682. The zero-order valence-electron chi connectivity index (χ0n) is 14.6. The maximum absolute atomic E-state index is 6.06. The van der Waals surface area contributed by atoms with E-state index in [0.29, 0.717) is 5.84 Å². The predicted octanol–water partition coefficient (Wildman–Crippen LogP) is 4.74. The molecular formula is C21H24BrN3S. The molecule has 0 fully saturated rings. The molecule has 5 heteroatoms. The van der Waals surface area contributed by atoms with Crippen LogP contribution in [0.5, 0.6) is 0 Å². The van der Waals surface area contributed by atoms with E-state index >= 15 is 0 Å². The normalized spacial score (nSPS) is 11.2. The first-order valence-electron chi connectivity index (χ1n) is 8.53. The smallest absolute Gasteiger partial charge is 0.141 e. The third kappa shape index (κ3) is 6.41. The Labute approximate surface area is 169 Å². The highest BCUT2D eigenvalue weighted by Gasteiger charge is 2.01. The summed E-state index contributed by atoms with van der Waals surface area (Å²) in [7, 11) is 0. The molecular weight excluding hydrogens is 406 g/mol. The lowest BCUT2D eigenvalue weighted by atomic mass is 10.1. The number of nitrogens with one attached hydrogen (secondary N) is 1. The number of hydrogen-bond acceptors (Lipinski definition) is 3. The summed E-state index contributed by atoms with van der Waals surface area (Å²) in [5.41, 5.74) is 9.62. The van der Waals surface area contributed by atoms with Crippen molar-refractivity contribution in [2.75, 3.05) is 13.1 Å². The van der Waals surface area contributed by atoms with Gasteiger partial charge in [0.05, 0.1) is 10.6 Å². The highest BCUT2D eigenvalue weighted by molar-refractivity contribution is 8.93. The monoisotopic (exact) mass is 429 g/mol. The molecule has 0 aliphatic heterocycles. The highest BCUT2D eigenvalue weighted by Crippen LogP contribution is 2.17. The third-order valence-corrected chi connectivity index (χ3v) is 4.85. The number of aliphatic imine (C=N–C) groups is 1. The number of rotatable bonds is 8. The molecule has 2 aromatic carbocycles. The molecule has 0 bridgehead atoms. The van der Waals surface area contributed by atoms with E-state index in [1.54, 1.807) is 11.3 Å². The van der Waals surface area contributed by atoms with Crippen molar-refractivity contribution in [1.29, 1.82) is 0 Å². The van der Waals surface area contributed by atoms with Gasteiger partial charge in [0.25, 0.3) is 0 Å². The van der Waals surface area contributed by atoms with Crippen molar-refractivity contribution in [3.8, 4) is 0 Å². The van der Waals surface area contributed by atoms with Crippen LogP contribution in [-0.2, 0) is 12.8 Å². The molecule has 0 atom stereocenters. The van der Waals surface area contributed by atoms with Gasteiger partial charge in [-0.3, -0.25) is 0 Å². The van der Waals surface area contributed by atoms with Crippen LogP contribution in [0.3, 0.4) is 0 Å². The van der Waals surface area contributed by atoms with Gasteiger partial charge in [-0.1, -0.05) is 48.5 Å². The summed E-state index contributed by atoms with van der Waals surface area (Å²) >= 11 is 1.61. The first kappa shape index (κ1) is 20.4. The molecule has 0 aliphatic carbocycles. The van der Waals surface area contributed by atoms with E-state index in [1.165, 1.54) is 11.1 Å². The maximum Gasteiger partial charge on any atom is 0.141 e. The molecule has 0 radical (unpaired) electrons. The molecule has 3 rings (SSSR count). The van der Waals surface area contributed by atoms with Gasteiger partial charge in [0.1, 0.15) is 5.84 Å². The van der Waals surface area contributed by atoms with Crippen molar-refractivity contribution in [1.82, 2.24) is 5.32 Å². The lowest BCUT2D eigenvalue weighted by Gasteiger charge is -2.06. The first-order valence-corrected chi connectivity index (χ1v) is 9.41. The quantitative estimate of drug-likeness (QED) is 0.308. The van der Waals surface area contributed by atoms with Crippen LogP contribution in [0.15, 0.2) is 77.1 Å². The third-order valence-electron chi connectivity index (χ3n) is 3.96. The average Bonchev–Trinajstić information content (AvgIpc) is 3.17. The number of hydrogen-bond donors (Lipinski definition) is 2. The molecule has 0 aliphatic rings. The molecule has 26 heavy (non-hydrogen) atoms.